The standard InChI is InChI=1S/C38H63N5O8/c1-11-25(6)35(42(8)37(47)34(24(4)5)41-36(46)33(39-7)23(2)3)30(51-10)22-32(45)43-19-15-18-28(43)29(50-9)21-31(44)40-27(38(48)49)20-26-16-13-12-14-17-26/h12-14,16-17,23-25,27-30,33-35,39H,11,15,18-22H2,1-10H3,(H,40,44)(H,41,46)(H,48,49)/t25-,27-,28?,29+,30+,33-,34-,35-/m0/s1. The molecular weight excluding hydrogens is 654 g/mol. The monoisotopic (exact) mass is 717 g/mol. The Labute approximate surface area is 304 Å². The van der Waals surface area contributed by atoms with Crippen LogP contribution in [0.2, 0.25) is 0 Å². The second-order valence-corrected chi connectivity index (χ2v) is 14.5. The Kier molecular flexibility index (Phi) is 18.0. The molecule has 0 aliphatic carbocycles. The molecule has 0 bridgehead atoms. The van der Waals surface area contributed by atoms with E-state index < -0.39 is 54.3 Å². The minimum Gasteiger partial charge on any atom is -0.480 e. The lowest BCUT2D eigenvalue weighted by molar-refractivity contribution is -0.147. The average Bonchev–Trinajstić information content (AvgIpc) is 3.59. The van der Waals surface area contributed by atoms with Crippen LogP contribution in [0, 0.1) is 17.8 Å². The fraction of sp³-hybridized carbons (Fsp3) is 0.711. The third-order valence-corrected chi connectivity index (χ3v) is 10.2. The van der Waals surface area contributed by atoms with Crippen LogP contribution < -0.4 is 16.0 Å². The molecule has 1 aromatic carbocycles. The van der Waals surface area contributed by atoms with Crippen LogP contribution in [-0.4, -0.2) is 122 Å². The molecule has 1 heterocycles. The molecule has 13 nitrogen and oxygen atoms in total. The molecule has 2 rings (SSSR count). The molecule has 1 saturated heterocycles. The number of carbonyl (C=O) groups excluding carboxylic acids is 4. The van der Waals surface area contributed by atoms with Gasteiger partial charge >= 0.3 is 5.97 Å². The van der Waals surface area contributed by atoms with E-state index in [2.05, 4.69) is 16.0 Å². The molecule has 0 radical (unpaired) electrons. The van der Waals surface area contributed by atoms with Crippen molar-refractivity contribution in [2.75, 3.05) is 34.9 Å². The SMILES string of the molecule is CC[C@H](C)[C@@H]([C@@H](CC(=O)N1CCCC1[C@@H](CC(=O)N[C@@H](Cc1ccccc1)C(=O)O)OC)OC)N(C)C(=O)[C@@H](NC(=O)[C@@H](NC)C(C)C)C(C)C. The lowest BCUT2D eigenvalue weighted by Crippen LogP contribution is -2.59. The number of likely N-dealkylation sites (tertiary alicyclic amines) is 1. The van der Waals surface area contributed by atoms with Crippen molar-refractivity contribution in [3.8, 4) is 0 Å². The highest BCUT2D eigenvalue weighted by atomic mass is 16.5. The van der Waals surface area contributed by atoms with Gasteiger partial charge in [0.2, 0.25) is 23.6 Å². The smallest absolute Gasteiger partial charge is 0.326 e. The summed E-state index contributed by atoms with van der Waals surface area (Å²) >= 11 is 0. The summed E-state index contributed by atoms with van der Waals surface area (Å²) in [5.74, 6) is -2.50. The number of carboxylic acids is 1. The molecule has 0 aromatic heterocycles. The second-order valence-electron chi connectivity index (χ2n) is 14.5. The first-order valence-corrected chi connectivity index (χ1v) is 18.3. The zero-order valence-corrected chi connectivity index (χ0v) is 32.3. The zero-order valence-electron chi connectivity index (χ0n) is 32.3. The van der Waals surface area contributed by atoms with Crippen molar-refractivity contribution in [2.24, 2.45) is 17.8 Å². The van der Waals surface area contributed by atoms with E-state index in [1.54, 1.807) is 23.9 Å². The number of carbonyl (C=O) groups is 5. The summed E-state index contributed by atoms with van der Waals surface area (Å²) in [6.07, 6.45) is 0.776. The highest BCUT2D eigenvalue weighted by Crippen LogP contribution is 2.28. The lowest BCUT2D eigenvalue weighted by Gasteiger charge is -2.40. The Balaban J connectivity index is 2.21. The fourth-order valence-electron chi connectivity index (χ4n) is 7.11. The number of nitrogens with one attached hydrogen (secondary N) is 3. The van der Waals surface area contributed by atoms with E-state index in [0.717, 1.165) is 12.0 Å². The van der Waals surface area contributed by atoms with Crippen LogP contribution in [0.1, 0.15) is 79.2 Å². The van der Waals surface area contributed by atoms with E-state index in [-0.39, 0.29) is 54.7 Å². The van der Waals surface area contributed by atoms with Gasteiger partial charge < -0.3 is 40.3 Å². The summed E-state index contributed by atoms with van der Waals surface area (Å²) in [4.78, 5) is 69.7. The largest absolute Gasteiger partial charge is 0.480 e. The molecule has 0 spiro atoms. The van der Waals surface area contributed by atoms with Gasteiger partial charge in [-0.25, -0.2) is 4.79 Å². The van der Waals surface area contributed by atoms with Crippen molar-refractivity contribution in [3.63, 3.8) is 0 Å². The normalized spacial score (nSPS) is 18.7. The number of ether oxygens (including phenoxy) is 2. The van der Waals surface area contributed by atoms with E-state index in [1.165, 1.54) is 14.2 Å². The van der Waals surface area contributed by atoms with Crippen LogP contribution in [0.4, 0.5) is 0 Å². The minimum atomic E-state index is -1.14. The van der Waals surface area contributed by atoms with Gasteiger partial charge in [-0.1, -0.05) is 78.3 Å². The quantitative estimate of drug-likeness (QED) is 0.150. The number of methoxy groups -OCH3 is 2. The third-order valence-electron chi connectivity index (χ3n) is 10.2. The number of benzene rings is 1. The summed E-state index contributed by atoms with van der Waals surface area (Å²) in [5, 5.41) is 18.4. The fourth-order valence-corrected chi connectivity index (χ4v) is 7.11. The van der Waals surface area contributed by atoms with Gasteiger partial charge in [0.15, 0.2) is 0 Å². The molecule has 1 fully saturated rings. The van der Waals surface area contributed by atoms with Crippen LogP contribution in [0.15, 0.2) is 30.3 Å². The number of rotatable bonds is 21. The van der Waals surface area contributed by atoms with E-state index in [9.17, 15) is 29.1 Å². The summed E-state index contributed by atoms with van der Waals surface area (Å²) < 4.78 is 11.7. The first-order valence-electron chi connectivity index (χ1n) is 18.3. The van der Waals surface area contributed by atoms with Crippen LogP contribution >= 0.6 is 0 Å². The maximum absolute atomic E-state index is 14.1. The molecule has 1 aliphatic heterocycles. The van der Waals surface area contributed by atoms with Gasteiger partial charge in [-0.3, -0.25) is 19.2 Å². The average molecular weight is 718 g/mol. The molecule has 4 N–H and O–H groups in total. The Morgan fingerprint density at radius 3 is 2.08 bits per heavy atom. The Hall–Kier alpha value is -3.55. The number of likely N-dealkylation sites (N-methyl/N-ethyl adjacent to an activating group) is 2. The molecule has 51 heavy (non-hydrogen) atoms. The van der Waals surface area contributed by atoms with Crippen molar-refractivity contribution in [1.29, 1.82) is 0 Å². The van der Waals surface area contributed by atoms with Gasteiger partial charge in [0.25, 0.3) is 0 Å². The summed E-state index contributed by atoms with van der Waals surface area (Å²) in [5.41, 5.74) is 0.787. The molecule has 1 aromatic rings. The predicted octanol–water partition coefficient (Wildman–Crippen LogP) is 2.86. The Bertz CT molecular complexity index is 1280. The van der Waals surface area contributed by atoms with Gasteiger partial charge in [0, 0.05) is 34.2 Å². The maximum Gasteiger partial charge on any atom is 0.326 e. The highest BCUT2D eigenvalue weighted by Gasteiger charge is 2.41. The molecule has 1 unspecified atom stereocenters. The van der Waals surface area contributed by atoms with Gasteiger partial charge in [0.05, 0.1) is 43.2 Å². The van der Waals surface area contributed by atoms with Crippen molar-refractivity contribution >= 4 is 29.6 Å². The number of hydrogen-bond acceptors (Lipinski definition) is 8. The topological polar surface area (TPSA) is 167 Å². The van der Waals surface area contributed by atoms with E-state index >= 15 is 0 Å². The van der Waals surface area contributed by atoms with Gasteiger partial charge in [-0.15, -0.1) is 0 Å². The van der Waals surface area contributed by atoms with Crippen molar-refractivity contribution in [2.45, 2.75) is 122 Å². The Morgan fingerprint density at radius 2 is 1.57 bits per heavy atom. The van der Waals surface area contributed by atoms with Crippen LogP contribution in [-0.2, 0) is 39.9 Å². The van der Waals surface area contributed by atoms with E-state index in [1.807, 2.05) is 71.9 Å². The molecule has 13 heteroatoms. The van der Waals surface area contributed by atoms with E-state index in [4.69, 9.17) is 9.47 Å². The van der Waals surface area contributed by atoms with Crippen molar-refractivity contribution in [1.82, 2.24) is 25.8 Å². The van der Waals surface area contributed by atoms with E-state index in [0.29, 0.717) is 19.4 Å². The number of carboxylic acid groups (broad SMARTS) is 1. The third kappa shape index (κ3) is 12.3. The minimum absolute atomic E-state index is 0.00565. The van der Waals surface area contributed by atoms with Crippen LogP contribution in [0.3, 0.4) is 0 Å². The highest BCUT2D eigenvalue weighted by molar-refractivity contribution is 5.90. The predicted molar refractivity (Wildman–Crippen MR) is 196 cm³/mol. The molecule has 1 aliphatic rings. The van der Waals surface area contributed by atoms with Gasteiger partial charge in [-0.05, 0) is 43.2 Å². The number of hydrogen-bond donors (Lipinski definition) is 4. The molecule has 288 valence electrons. The van der Waals surface area contributed by atoms with Gasteiger partial charge in [0.1, 0.15) is 12.1 Å². The van der Waals surface area contributed by atoms with Crippen LogP contribution in [0.5, 0.6) is 0 Å². The first kappa shape index (κ1) is 43.6. The summed E-state index contributed by atoms with van der Waals surface area (Å²) in [7, 11) is 6.44. The molecule has 4 amide bonds. The maximum atomic E-state index is 14.1. The van der Waals surface area contributed by atoms with Gasteiger partial charge in [-0.2, -0.15) is 0 Å². The zero-order chi connectivity index (χ0) is 38.4. The summed E-state index contributed by atoms with van der Waals surface area (Å²) in [6.45, 7) is 12.2. The second kappa shape index (κ2) is 21.1. The number of aliphatic carboxylic acids is 1. The first-order chi connectivity index (χ1) is 24.1. The molecule has 0 saturated carbocycles. The Morgan fingerprint density at radius 1 is 0.941 bits per heavy atom. The van der Waals surface area contributed by atoms with Crippen molar-refractivity contribution < 1.29 is 38.6 Å². The molecular formula is C38H63N5O8. The lowest BCUT2D eigenvalue weighted by atomic mass is 9.89. The van der Waals surface area contributed by atoms with Crippen molar-refractivity contribution in [3.05, 3.63) is 35.9 Å². The summed E-state index contributed by atoms with van der Waals surface area (Å²) in [6, 6.07) is 5.87. The molecule has 8 atom stereocenters. The van der Waals surface area contributed by atoms with Crippen LogP contribution in [0.25, 0.3) is 0 Å². The number of nitrogens with zero attached hydrogens (tertiary/aromatic N) is 2. The number of amides is 4.